The van der Waals surface area contributed by atoms with Crippen molar-refractivity contribution in [2.45, 2.75) is 58.5 Å². The number of nitrogens with zero attached hydrogens (tertiary/aromatic N) is 2. The molecule has 26 heavy (non-hydrogen) atoms. The monoisotopic (exact) mass is 358 g/mol. The highest BCUT2D eigenvalue weighted by molar-refractivity contribution is 6.62. The molecule has 3 rings (SSSR count). The predicted octanol–water partition coefficient (Wildman–Crippen LogP) is 2.29. The molecule has 0 radical (unpaired) electrons. The van der Waals surface area contributed by atoms with E-state index in [2.05, 4.69) is 5.10 Å². The van der Waals surface area contributed by atoms with E-state index >= 15 is 0 Å². The molecule has 0 saturated carbocycles. The zero-order valence-electron chi connectivity index (χ0n) is 16.3. The van der Waals surface area contributed by atoms with E-state index in [4.69, 9.17) is 14.0 Å². The maximum absolute atomic E-state index is 10.2. The van der Waals surface area contributed by atoms with Crippen LogP contribution < -0.4 is 10.2 Å². The lowest BCUT2D eigenvalue weighted by Crippen LogP contribution is -2.41. The third kappa shape index (κ3) is 3.52. The van der Waals surface area contributed by atoms with Crippen LogP contribution in [0.2, 0.25) is 0 Å². The van der Waals surface area contributed by atoms with Crippen LogP contribution in [-0.2, 0) is 15.9 Å². The summed E-state index contributed by atoms with van der Waals surface area (Å²) in [6, 6.07) is 7.83. The van der Waals surface area contributed by atoms with Crippen molar-refractivity contribution in [3.63, 3.8) is 0 Å². The summed E-state index contributed by atoms with van der Waals surface area (Å²) in [6.45, 7) is 10.3. The van der Waals surface area contributed by atoms with Gasteiger partial charge in [0.2, 0.25) is 0 Å². The van der Waals surface area contributed by atoms with Gasteiger partial charge in [0.15, 0.2) is 0 Å². The maximum atomic E-state index is 10.2. The summed E-state index contributed by atoms with van der Waals surface area (Å²) in [7, 11) is 1.10. The largest absolute Gasteiger partial charge is 0.498 e. The molecule has 0 unspecified atom stereocenters. The van der Waals surface area contributed by atoms with Crippen LogP contribution in [0, 0.1) is 0 Å². The second-order valence-corrected chi connectivity index (χ2v) is 7.78. The number of benzene rings is 1. The molecule has 1 aromatic heterocycles. The van der Waals surface area contributed by atoms with Crippen molar-refractivity contribution in [1.29, 1.82) is 0 Å². The smallest absolute Gasteiger partial charge is 0.497 e. The molecule has 1 saturated heterocycles. The van der Waals surface area contributed by atoms with E-state index in [0.717, 1.165) is 16.8 Å². The van der Waals surface area contributed by atoms with Crippen LogP contribution in [-0.4, -0.2) is 40.3 Å². The van der Waals surface area contributed by atoms with Crippen molar-refractivity contribution < 1.29 is 19.2 Å². The normalized spacial score (nSPS) is 19.6. The first kappa shape index (κ1) is 19.0. The quantitative estimate of drug-likeness (QED) is 0.831. The van der Waals surface area contributed by atoms with Crippen LogP contribution in [0.3, 0.4) is 0 Å². The SMILES string of the molecule is COc1ccc(Cn2cc(B3OC(C)(C)C(C)(C)O3)c([C@@H](C)O)n2)cc1. The zero-order valence-corrected chi connectivity index (χ0v) is 16.3. The molecular weight excluding hydrogens is 331 g/mol. The third-order valence-corrected chi connectivity index (χ3v) is 5.23. The topological polar surface area (TPSA) is 65.7 Å². The van der Waals surface area contributed by atoms with Gasteiger partial charge in [-0.3, -0.25) is 4.68 Å². The Kier molecular flexibility index (Phi) is 4.90. The zero-order chi connectivity index (χ0) is 19.1. The van der Waals surface area contributed by atoms with Gasteiger partial charge in [-0.15, -0.1) is 0 Å². The summed E-state index contributed by atoms with van der Waals surface area (Å²) in [5.41, 5.74) is 1.56. The van der Waals surface area contributed by atoms with Crippen molar-refractivity contribution in [1.82, 2.24) is 9.78 Å². The lowest BCUT2D eigenvalue weighted by molar-refractivity contribution is 0.00578. The summed E-state index contributed by atoms with van der Waals surface area (Å²) in [4.78, 5) is 0. The lowest BCUT2D eigenvalue weighted by Gasteiger charge is -2.32. The average molecular weight is 358 g/mol. The molecule has 1 aliphatic rings. The van der Waals surface area contributed by atoms with Gasteiger partial charge in [0.1, 0.15) is 5.75 Å². The minimum atomic E-state index is -0.707. The Hall–Kier alpha value is -1.83. The Morgan fingerprint density at radius 1 is 1.15 bits per heavy atom. The number of aromatic nitrogens is 2. The van der Waals surface area contributed by atoms with Crippen LogP contribution in [0.4, 0.5) is 0 Å². The molecular formula is C19H27BN2O4. The van der Waals surface area contributed by atoms with E-state index in [1.54, 1.807) is 14.0 Å². The van der Waals surface area contributed by atoms with Gasteiger partial charge in [0.25, 0.3) is 0 Å². The van der Waals surface area contributed by atoms with Crippen molar-refractivity contribution in [2.75, 3.05) is 7.11 Å². The van der Waals surface area contributed by atoms with Gasteiger partial charge in [-0.2, -0.15) is 5.10 Å². The number of rotatable bonds is 5. The van der Waals surface area contributed by atoms with Crippen LogP contribution in [0.25, 0.3) is 0 Å². The Labute approximate surface area is 155 Å². The molecule has 140 valence electrons. The predicted molar refractivity (Wildman–Crippen MR) is 101 cm³/mol. The van der Waals surface area contributed by atoms with E-state index in [1.165, 1.54) is 0 Å². The van der Waals surface area contributed by atoms with Gasteiger partial charge in [0.05, 0.1) is 36.7 Å². The highest BCUT2D eigenvalue weighted by Crippen LogP contribution is 2.36. The fraction of sp³-hybridized carbons (Fsp3) is 0.526. The summed E-state index contributed by atoms with van der Waals surface area (Å²) >= 11 is 0. The van der Waals surface area contributed by atoms with Crippen LogP contribution in [0.5, 0.6) is 5.75 Å². The molecule has 0 aliphatic carbocycles. The Morgan fingerprint density at radius 2 is 1.73 bits per heavy atom. The van der Waals surface area contributed by atoms with E-state index in [-0.39, 0.29) is 0 Å². The Morgan fingerprint density at radius 3 is 2.23 bits per heavy atom. The summed E-state index contributed by atoms with van der Waals surface area (Å²) in [5, 5.41) is 14.7. The van der Waals surface area contributed by atoms with E-state index < -0.39 is 24.4 Å². The van der Waals surface area contributed by atoms with Crippen molar-refractivity contribution in [3.05, 3.63) is 41.7 Å². The van der Waals surface area contributed by atoms with Crippen molar-refractivity contribution in [3.8, 4) is 5.75 Å². The van der Waals surface area contributed by atoms with Crippen LogP contribution in [0.1, 0.15) is 52.0 Å². The minimum Gasteiger partial charge on any atom is -0.497 e. The molecule has 2 aromatic rings. The number of methoxy groups -OCH3 is 1. The number of hydrogen-bond donors (Lipinski definition) is 1. The maximum Gasteiger partial charge on any atom is 0.498 e. The van der Waals surface area contributed by atoms with Crippen molar-refractivity contribution in [2.24, 2.45) is 0 Å². The second-order valence-electron chi connectivity index (χ2n) is 7.78. The first-order chi connectivity index (χ1) is 12.1. The van der Waals surface area contributed by atoms with Gasteiger partial charge >= 0.3 is 7.12 Å². The highest BCUT2D eigenvalue weighted by Gasteiger charge is 2.53. The molecule has 0 bridgehead atoms. The van der Waals surface area contributed by atoms with Crippen LogP contribution >= 0.6 is 0 Å². The number of aliphatic hydroxyl groups is 1. The molecule has 1 aromatic carbocycles. The van der Waals surface area contributed by atoms with Gasteiger partial charge in [-0.1, -0.05) is 12.1 Å². The fourth-order valence-corrected chi connectivity index (χ4v) is 2.93. The third-order valence-electron chi connectivity index (χ3n) is 5.23. The van der Waals surface area contributed by atoms with E-state index in [1.807, 2.05) is 62.8 Å². The number of hydrogen-bond acceptors (Lipinski definition) is 5. The molecule has 1 fully saturated rings. The standard InChI is InChI=1S/C19H27BN2O4/c1-13(23)17-16(20-25-18(2,3)19(4,5)26-20)12-22(21-17)11-14-7-9-15(24-6)10-8-14/h7-10,12-13,23H,11H2,1-6H3/t13-/m1/s1. The molecule has 1 aliphatic heterocycles. The highest BCUT2D eigenvalue weighted by atomic mass is 16.7. The van der Waals surface area contributed by atoms with Crippen LogP contribution in [0.15, 0.2) is 30.5 Å². The van der Waals surface area contributed by atoms with Gasteiger partial charge in [-0.05, 0) is 52.3 Å². The van der Waals surface area contributed by atoms with E-state index in [9.17, 15) is 5.11 Å². The molecule has 0 amide bonds. The molecule has 2 heterocycles. The molecule has 1 atom stereocenters. The number of ether oxygens (including phenoxy) is 1. The molecule has 1 N–H and O–H groups in total. The van der Waals surface area contributed by atoms with Crippen molar-refractivity contribution >= 4 is 12.6 Å². The Bertz CT molecular complexity index is 752. The van der Waals surface area contributed by atoms with Gasteiger partial charge < -0.3 is 19.2 Å². The summed E-state index contributed by atoms with van der Waals surface area (Å²) in [6.07, 6.45) is 1.19. The second kappa shape index (κ2) is 6.72. The first-order valence-corrected chi connectivity index (χ1v) is 8.87. The number of aliphatic hydroxyl groups excluding tert-OH is 1. The van der Waals surface area contributed by atoms with Gasteiger partial charge in [-0.25, -0.2) is 0 Å². The summed E-state index contributed by atoms with van der Waals surface area (Å²) < 4.78 is 19.3. The van der Waals surface area contributed by atoms with Gasteiger partial charge in [0, 0.05) is 11.7 Å². The summed E-state index contributed by atoms with van der Waals surface area (Å²) in [5.74, 6) is 0.816. The van der Waals surface area contributed by atoms with E-state index in [0.29, 0.717) is 12.2 Å². The molecule has 0 spiro atoms. The minimum absolute atomic E-state index is 0.439. The first-order valence-electron chi connectivity index (χ1n) is 8.87. The fourth-order valence-electron chi connectivity index (χ4n) is 2.93. The average Bonchev–Trinajstić information content (AvgIpc) is 3.07. The molecule has 6 nitrogen and oxygen atoms in total. The lowest BCUT2D eigenvalue weighted by atomic mass is 9.78. The Balaban J connectivity index is 1.87. The molecule has 7 heteroatoms.